The zero-order valence-electron chi connectivity index (χ0n) is 18.1. The van der Waals surface area contributed by atoms with E-state index in [4.69, 9.17) is 4.74 Å². The Kier molecular flexibility index (Phi) is 4.86. The highest BCUT2D eigenvalue weighted by atomic mass is 32.2. The fourth-order valence-electron chi connectivity index (χ4n) is 6.74. The SMILES string of the molecule is CCOc1cc([C@H]2c3sc(=O)[nH]c3S[C@@H]3[C@H]4C[C@@H]([C@@H]5C(=O)N(CC(=O)O)C(=O)[C@@H]45)[C@@H]23)ccc1O. The van der Waals surface area contributed by atoms with Crippen LogP contribution in [0.15, 0.2) is 28.0 Å². The molecule has 9 nitrogen and oxygen atoms in total. The van der Waals surface area contributed by atoms with Gasteiger partial charge in [-0.15, -0.1) is 11.8 Å². The third kappa shape index (κ3) is 2.92. The number of nitrogens with one attached hydrogen (secondary N) is 1. The van der Waals surface area contributed by atoms with Crippen LogP contribution in [-0.2, 0) is 14.4 Å². The van der Waals surface area contributed by atoms with Crippen LogP contribution in [0.3, 0.4) is 0 Å². The molecule has 1 saturated heterocycles. The highest BCUT2D eigenvalue weighted by Crippen LogP contribution is 2.68. The molecule has 3 N–H and O–H groups in total. The molecule has 3 fully saturated rings. The lowest BCUT2D eigenvalue weighted by molar-refractivity contribution is -0.149. The Morgan fingerprint density at radius 1 is 1.21 bits per heavy atom. The first-order valence-corrected chi connectivity index (χ1v) is 12.9. The summed E-state index contributed by atoms with van der Waals surface area (Å²) in [6.07, 6.45) is 0.724. The molecule has 2 bridgehead atoms. The number of carbonyl (C=O) groups is 3. The van der Waals surface area contributed by atoms with Gasteiger partial charge in [0.1, 0.15) is 6.54 Å². The lowest BCUT2D eigenvalue weighted by Gasteiger charge is -2.43. The van der Waals surface area contributed by atoms with Crippen molar-refractivity contribution in [3.05, 3.63) is 38.3 Å². The zero-order chi connectivity index (χ0) is 23.9. The van der Waals surface area contributed by atoms with Gasteiger partial charge in [-0.05, 0) is 48.8 Å². The van der Waals surface area contributed by atoms with Crippen molar-refractivity contribution in [2.75, 3.05) is 13.2 Å². The van der Waals surface area contributed by atoms with Gasteiger partial charge in [0.05, 0.1) is 23.5 Å². The van der Waals surface area contributed by atoms with Crippen molar-refractivity contribution in [3.63, 3.8) is 0 Å². The number of aromatic nitrogens is 1. The Bertz CT molecular complexity index is 1290. The van der Waals surface area contributed by atoms with Gasteiger partial charge < -0.3 is 19.9 Å². The number of benzene rings is 1. The van der Waals surface area contributed by atoms with Gasteiger partial charge in [-0.25, -0.2) is 0 Å². The van der Waals surface area contributed by atoms with Gasteiger partial charge in [0.25, 0.3) is 0 Å². The van der Waals surface area contributed by atoms with E-state index in [1.807, 2.05) is 13.0 Å². The quantitative estimate of drug-likeness (QED) is 0.529. The summed E-state index contributed by atoms with van der Waals surface area (Å²) in [6, 6.07) is 5.21. The smallest absolute Gasteiger partial charge is 0.323 e. The summed E-state index contributed by atoms with van der Waals surface area (Å²) in [5.74, 6) is -2.97. The second kappa shape index (κ2) is 7.61. The molecule has 2 saturated carbocycles. The number of carbonyl (C=O) groups excluding carboxylic acids is 2. The molecule has 2 aromatic rings. The average Bonchev–Trinajstić information content (AvgIpc) is 3.51. The van der Waals surface area contributed by atoms with Crippen LogP contribution in [0.5, 0.6) is 11.5 Å². The van der Waals surface area contributed by atoms with E-state index in [-0.39, 0.29) is 51.4 Å². The molecule has 2 aliphatic heterocycles. The average molecular weight is 503 g/mol. The molecule has 178 valence electrons. The maximum atomic E-state index is 13.2. The van der Waals surface area contributed by atoms with Crippen molar-refractivity contribution in [2.45, 2.75) is 29.5 Å². The van der Waals surface area contributed by atoms with Crippen LogP contribution in [0.4, 0.5) is 0 Å². The number of hydrogen-bond acceptors (Lipinski definition) is 8. The van der Waals surface area contributed by atoms with Crippen molar-refractivity contribution >= 4 is 40.9 Å². The number of carboxylic acids is 1. The number of H-pyrrole nitrogens is 1. The molecule has 0 radical (unpaired) electrons. The van der Waals surface area contributed by atoms with Crippen LogP contribution in [0.25, 0.3) is 0 Å². The number of aliphatic carboxylic acids is 1. The van der Waals surface area contributed by atoms with Crippen LogP contribution in [-0.4, -0.2) is 56.3 Å². The van der Waals surface area contributed by atoms with Gasteiger partial charge in [-0.3, -0.25) is 24.1 Å². The van der Waals surface area contributed by atoms with Crippen molar-refractivity contribution < 1.29 is 29.3 Å². The molecule has 6 rings (SSSR count). The van der Waals surface area contributed by atoms with Gasteiger partial charge in [0.15, 0.2) is 11.5 Å². The molecule has 3 heterocycles. The lowest BCUT2D eigenvalue weighted by atomic mass is 9.68. The number of carboxylic acid groups (broad SMARTS) is 1. The standard InChI is InChI=1S/C23H22N2O7S2/c1-2-32-12-5-8(3-4-11(12)26)14-15-9-6-10(18(15)33-20-19(14)34-23(31)24-20)17-16(9)21(29)25(22(17)30)7-13(27)28/h3-5,9-10,14-18,26H,2,6-7H2,1H3,(H,24,31)(H,27,28)/t9-,10+,14-,15+,16+,17+,18-/m1/s1. The molecule has 4 aliphatic rings. The van der Waals surface area contributed by atoms with Crippen molar-refractivity contribution in [2.24, 2.45) is 29.6 Å². The van der Waals surface area contributed by atoms with Crippen molar-refractivity contribution in [3.8, 4) is 11.5 Å². The number of ether oxygens (including phenoxy) is 1. The number of imide groups is 1. The number of aromatic hydroxyl groups is 1. The number of likely N-dealkylation sites (tertiary alicyclic amines) is 1. The summed E-state index contributed by atoms with van der Waals surface area (Å²) in [5.41, 5.74) is 0.885. The maximum absolute atomic E-state index is 13.2. The summed E-state index contributed by atoms with van der Waals surface area (Å²) in [4.78, 5) is 54.5. The molecule has 0 spiro atoms. The maximum Gasteiger partial charge on any atom is 0.323 e. The van der Waals surface area contributed by atoms with E-state index in [1.54, 1.807) is 23.9 Å². The molecule has 34 heavy (non-hydrogen) atoms. The number of phenolic OH excluding ortho intramolecular Hbond substituents is 1. The summed E-state index contributed by atoms with van der Waals surface area (Å²) in [7, 11) is 0. The third-order valence-corrected chi connectivity index (χ3v) is 10.3. The Morgan fingerprint density at radius 2 is 1.94 bits per heavy atom. The zero-order valence-corrected chi connectivity index (χ0v) is 19.7. The predicted molar refractivity (Wildman–Crippen MR) is 122 cm³/mol. The molecule has 2 amide bonds. The minimum absolute atomic E-state index is 0.00394. The molecule has 11 heteroatoms. The van der Waals surface area contributed by atoms with E-state index in [0.29, 0.717) is 12.4 Å². The topological polar surface area (TPSA) is 137 Å². The van der Waals surface area contributed by atoms with E-state index in [9.17, 15) is 29.4 Å². The van der Waals surface area contributed by atoms with Crippen LogP contribution >= 0.6 is 23.1 Å². The molecular formula is C23H22N2O7S2. The molecular weight excluding hydrogens is 480 g/mol. The first kappa shape index (κ1) is 21.7. The molecule has 1 aromatic heterocycles. The number of phenols is 1. The number of thiazole rings is 1. The third-order valence-electron chi connectivity index (χ3n) is 7.75. The number of fused-ring (bicyclic) bond motifs is 9. The van der Waals surface area contributed by atoms with Crippen LogP contribution < -0.4 is 9.61 Å². The Balaban J connectivity index is 1.45. The number of amides is 2. The highest BCUT2D eigenvalue weighted by molar-refractivity contribution is 8.00. The second-order valence-electron chi connectivity index (χ2n) is 9.28. The molecule has 7 atom stereocenters. The molecule has 2 aliphatic carbocycles. The van der Waals surface area contributed by atoms with Crippen molar-refractivity contribution in [1.82, 2.24) is 9.88 Å². The number of nitrogens with zero attached hydrogens (tertiary/aromatic N) is 1. The predicted octanol–water partition coefficient (Wildman–Crippen LogP) is 2.10. The highest BCUT2D eigenvalue weighted by Gasteiger charge is 2.69. The van der Waals surface area contributed by atoms with Crippen molar-refractivity contribution in [1.29, 1.82) is 0 Å². The number of thioether (sulfide) groups is 1. The minimum atomic E-state index is -1.20. The van der Waals surface area contributed by atoms with E-state index in [1.165, 1.54) is 0 Å². The normalized spacial score (nSPS) is 33.1. The van der Waals surface area contributed by atoms with Crippen LogP contribution in [0.2, 0.25) is 0 Å². The molecule has 1 aromatic carbocycles. The Morgan fingerprint density at radius 3 is 2.65 bits per heavy atom. The second-order valence-corrected chi connectivity index (χ2v) is 11.5. The number of hydrogen-bond donors (Lipinski definition) is 3. The van der Waals surface area contributed by atoms with Gasteiger partial charge in [-0.1, -0.05) is 17.4 Å². The van der Waals surface area contributed by atoms with E-state index < -0.39 is 24.3 Å². The first-order chi connectivity index (χ1) is 16.3. The van der Waals surface area contributed by atoms with Crippen LogP contribution in [0, 0.1) is 29.6 Å². The summed E-state index contributed by atoms with van der Waals surface area (Å²) in [6.45, 7) is 1.61. The van der Waals surface area contributed by atoms with E-state index in [2.05, 4.69) is 4.98 Å². The van der Waals surface area contributed by atoms with Gasteiger partial charge in [0, 0.05) is 16.0 Å². The number of rotatable bonds is 5. The fourth-order valence-corrected chi connectivity index (χ4v) is 9.63. The van der Waals surface area contributed by atoms with Gasteiger partial charge in [-0.2, -0.15) is 0 Å². The largest absolute Gasteiger partial charge is 0.504 e. The molecule has 0 unspecified atom stereocenters. The minimum Gasteiger partial charge on any atom is -0.504 e. The van der Waals surface area contributed by atoms with E-state index >= 15 is 0 Å². The lowest BCUT2D eigenvalue weighted by Crippen LogP contribution is -2.42. The monoisotopic (exact) mass is 502 g/mol. The Labute approximate surface area is 202 Å². The number of aromatic amines is 1. The summed E-state index contributed by atoms with van der Waals surface area (Å²) < 4.78 is 5.60. The van der Waals surface area contributed by atoms with Gasteiger partial charge >= 0.3 is 10.8 Å². The van der Waals surface area contributed by atoms with Crippen LogP contribution in [0.1, 0.15) is 29.7 Å². The Hall–Kier alpha value is -2.79. The van der Waals surface area contributed by atoms with Gasteiger partial charge in [0.2, 0.25) is 11.8 Å². The summed E-state index contributed by atoms with van der Waals surface area (Å²) >= 11 is 2.72. The fraction of sp³-hybridized carbons (Fsp3) is 0.478. The first-order valence-electron chi connectivity index (χ1n) is 11.2. The summed E-state index contributed by atoms with van der Waals surface area (Å²) in [5, 5.41) is 20.2. The van der Waals surface area contributed by atoms with E-state index in [0.717, 1.165) is 38.1 Å².